The lowest BCUT2D eigenvalue weighted by Crippen LogP contribution is -2.41. The Morgan fingerprint density at radius 1 is 0.369 bits per heavy atom. The quantitative estimate of drug-likeness (QED) is 0.00356. The number of nitro benzene ring substituents is 4. The number of amides is 4. The molecule has 0 saturated carbocycles. The number of aliphatic carboxylic acids is 3. The molecule has 4 atom stereocenters. The molecule has 7 N–H and O–H groups in total. The molecular formula is C81H92N32O28. The minimum absolute atomic E-state index is 0.0325. The zero-order valence-corrected chi connectivity index (χ0v) is 76.9. The van der Waals surface area contributed by atoms with Gasteiger partial charge in [0.25, 0.3) is 46.4 Å². The van der Waals surface area contributed by atoms with Crippen molar-refractivity contribution >= 4 is 94.1 Å². The second-order valence-electron chi connectivity index (χ2n) is 35.2. The van der Waals surface area contributed by atoms with E-state index in [9.17, 15) is 119 Å². The molecule has 4 aromatic carbocycles. The summed E-state index contributed by atoms with van der Waals surface area (Å²) in [5.74, 6) is -14.1. The molecular weight excluding hydrogens is 1870 g/mol. The van der Waals surface area contributed by atoms with Crippen molar-refractivity contribution in [2.24, 2.45) is 47.5 Å². The van der Waals surface area contributed by atoms with Gasteiger partial charge >= 0.3 is 47.8 Å². The number of nitrogens with zero attached hydrogens (tertiary/aromatic N) is 28. The van der Waals surface area contributed by atoms with Gasteiger partial charge in [0.2, 0.25) is 0 Å². The van der Waals surface area contributed by atoms with E-state index in [1.165, 1.54) is 147 Å². The summed E-state index contributed by atoms with van der Waals surface area (Å²) in [7, 11) is 0. The zero-order valence-electron chi connectivity index (χ0n) is 76.9. The number of nitrogens with one attached hydrogen (secondary N) is 4. The fraction of sp³-hybridized carbons (Fsp3) is 0.457. The minimum atomic E-state index is -1.70. The van der Waals surface area contributed by atoms with Crippen molar-refractivity contribution in [1.29, 1.82) is 0 Å². The zero-order chi connectivity index (χ0) is 104. The van der Waals surface area contributed by atoms with E-state index in [1.807, 2.05) is 0 Å². The van der Waals surface area contributed by atoms with Crippen LogP contribution in [-0.4, -0.2) is 196 Å². The van der Waals surface area contributed by atoms with Crippen LogP contribution in [0.4, 0.5) is 22.7 Å². The molecule has 0 radical (unpaired) electrons. The molecule has 0 aliphatic rings. The van der Waals surface area contributed by atoms with Gasteiger partial charge in [-0.1, -0.05) is 65.6 Å². The number of hydrogen-bond donors (Lipinski definition) is 7. The van der Waals surface area contributed by atoms with Crippen LogP contribution in [0.2, 0.25) is 0 Å². The number of rotatable bonds is 52. The van der Waals surface area contributed by atoms with Gasteiger partial charge in [-0.25, -0.2) is 0 Å². The fourth-order valence-corrected chi connectivity index (χ4v) is 14.1. The Bertz CT molecular complexity index is 5900. The lowest BCUT2D eigenvalue weighted by atomic mass is 9.86. The molecule has 4 amide bonds. The molecule has 4 aromatic heterocycles. The molecule has 141 heavy (non-hydrogen) atoms. The first kappa shape index (κ1) is 108. The normalized spacial score (nSPS) is 12.7. The summed E-state index contributed by atoms with van der Waals surface area (Å²) in [5.41, 5.74) is 20.2. The van der Waals surface area contributed by atoms with Crippen LogP contribution < -0.4 is 21.3 Å². The van der Waals surface area contributed by atoms with Crippen LogP contribution in [-0.2, 0) is 141 Å². The first-order valence-corrected chi connectivity index (χ1v) is 41.8. The fourth-order valence-electron chi connectivity index (χ4n) is 14.1. The van der Waals surface area contributed by atoms with Crippen LogP contribution in [0.3, 0.4) is 0 Å². The van der Waals surface area contributed by atoms with Gasteiger partial charge < -0.3 is 60.3 Å². The number of carboxylic acids is 3. The molecule has 0 aliphatic carbocycles. The second kappa shape index (κ2) is 46.9. The van der Waals surface area contributed by atoms with Gasteiger partial charge in [-0.3, -0.25) is 117 Å². The standard InChI is InChI=1S/C81H92N32O28/c1-76(2,3)141-71(124)59(97-101-85)27-80(10,11)75(128)140-39-47-19-15-23-55(63(47)113(135)136)67(117)89-31-51-35-109(105-93-51)43-81(40-106-32-48(90-102-106)28-86-64(114)52-20-12-16-44(60(52)110(129)130)36-137-72(125)77(4,5)24-56(68(118)119)94-98-82,41-107-33-49(91-103-107)29-87-65(115)53-21-13-17-45(61(53)111(131)132)37-138-73(126)78(6,7)25-57(69(120)121)95-99-83)42-108-34-50(92-104-108)30-88-66(116)54-22-14-18-46(62(54)112(133)134)38-139-74(127)79(8,9)26-58(70(122)123)96-100-84/h12-23,32-35,56-59H,24-31,36-43H2,1-11H3,(H,86,114)(H,87,115)(H,88,116)(H,89,117)(H,118,119)(H,120,121)(H,122,123). The lowest BCUT2D eigenvalue weighted by Gasteiger charge is -2.33. The summed E-state index contributed by atoms with van der Waals surface area (Å²) in [6.45, 7) is 8.18. The van der Waals surface area contributed by atoms with Crippen LogP contribution in [0.25, 0.3) is 41.8 Å². The van der Waals surface area contributed by atoms with E-state index in [-0.39, 0.29) is 45.0 Å². The number of aromatic nitrogens is 12. The third kappa shape index (κ3) is 29.7. The molecule has 0 aliphatic heterocycles. The monoisotopic (exact) mass is 1960 g/mol. The highest BCUT2D eigenvalue weighted by molar-refractivity contribution is 6.01. The number of carboxylic acid groups (broad SMARTS) is 3. The number of ether oxygens (including phenoxy) is 5. The Morgan fingerprint density at radius 3 is 0.780 bits per heavy atom. The number of hydrogen-bond acceptors (Lipinski definition) is 37. The molecule has 0 bridgehead atoms. The highest BCUT2D eigenvalue weighted by Crippen LogP contribution is 2.37. The largest absolute Gasteiger partial charge is 0.481 e. The average molecular weight is 1960 g/mol. The van der Waals surface area contributed by atoms with Gasteiger partial charge in [0.05, 0.1) is 141 Å². The van der Waals surface area contributed by atoms with E-state index in [1.54, 1.807) is 20.8 Å². The molecule has 4 heterocycles. The van der Waals surface area contributed by atoms with Gasteiger partial charge in [0, 0.05) is 25.1 Å². The van der Waals surface area contributed by atoms with Gasteiger partial charge in [0.15, 0.2) is 0 Å². The Balaban J connectivity index is 1.15. The van der Waals surface area contributed by atoms with Crippen LogP contribution in [0, 0.1) is 67.5 Å². The molecule has 0 saturated heterocycles. The number of carbonyl (C=O) groups is 12. The van der Waals surface area contributed by atoms with Crippen LogP contribution in [0.1, 0.15) is 188 Å². The summed E-state index contributed by atoms with van der Waals surface area (Å²) in [4.78, 5) is 217. The van der Waals surface area contributed by atoms with Crippen molar-refractivity contribution in [2.45, 2.75) is 210 Å². The van der Waals surface area contributed by atoms with E-state index >= 15 is 0 Å². The second-order valence-corrected chi connectivity index (χ2v) is 35.2. The number of benzene rings is 4. The molecule has 0 fully saturated rings. The number of esters is 5. The molecule has 60 heteroatoms. The first-order valence-electron chi connectivity index (χ1n) is 41.8. The number of azide groups is 4. The van der Waals surface area contributed by atoms with Gasteiger partial charge in [0.1, 0.15) is 101 Å². The summed E-state index contributed by atoms with van der Waals surface area (Å²) < 4.78 is 32.0. The highest BCUT2D eigenvalue weighted by atomic mass is 16.6. The molecule has 4 unspecified atom stereocenters. The summed E-state index contributed by atoms with van der Waals surface area (Å²) in [6, 6.07) is 7.49. The molecule has 8 rings (SSSR count). The topological polar surface area (TPSA) is 850 Å². The Kier molecular flexibility index (Phi) is 36.0. The van der Waals surface area contributed by atoms with Gasteiger partial charge in [-0.2, -0.15) is 0 Å². The Hall–Kier alpha value is -18.1. The van der Waals surface area contributed by atoms with E-state index in [0.717, 1.165) is 24.3 Å². The molecule has 744 valence electrons. The predicted molar refractivity (Wildman–Crippen MR) is 473 cm³/mol. The van der Waals surface area contributed by atoms with Crippen LogP contribution >= 0.6 is 0 Å². The third-order valence-electron chi connectivity index (χ3n) is 21.0. The van der Waals surface area contributed by atoms with E-state index < -0.39 is 297 Å². The number of nitro groups is 4. The first-order chi connectivity index (χ1) is 66.2. The summed E-state index contributed by atoms with van der Waals surface area (Å²) >= 11 is 0. The summed E-state index contributed by atoms with van der Waals surface area (Å²) in [6.07, 6.45) is 3.21. The van der Waals surface area contributed by atoms with Gasteiger partial charge in [-0.05, 0) is 172 Å². The Morgan fingerprint density at radius 2 is 0.582 bits per heavy atom. The minimum Gasteiger partial charge on any atom is -0.481 e. The maximum absolute atomic E-state index is 14.2. The van der Waals surface area contributed by atoms with E-state index in [0.29, 0.717) is 0 Å². The van der Waals surface area contributed by atoms with Crippen molar-refractivity contribution in [1.82, 2.24) is 81.2 Å². The maximum Gasteiger partial charge on any atom is 0.315 e. The number of carbonyl (C=O) groups excluding carboxylic acids is 9. The van der Waals surface area contributed by atoms with Crippen molar-refractivity contribution in [3.8, 4) is 0 Å². The maximum atomic E-state index is 14.2. The number of para-hydroxylation sites is 4. The van der Waals surface area contributed by atoms with Crippen molar-refractivity contribution in [3.05, 3.63) is 247 Å². The van der Waals surface area contributed by atoms with E-state index in [4.69, 9.17) is 40.3 Å². The van der Waals surface area contributed by atoms with Crippen molar-refractivity contribution < 1.29 is 116 Å². The van der Waals surface area contributed by atoms with Crippen molar-refractivity contribution in [3.63, 3.8) is 0 Å². The third-order valence-corrected chi connectivity index (χ3v) is 21.0. The highest BCUT2D eigenvalue weighted by Gasteiger charge is 2.43. The molecule has 8 aromatic rings. The lowest BCUT2D eigenvalue weighted by molar-refractivity contribution is -0.386. The molecule has 60 nitrogen and oxygen atoms in total. The summed E-state index contributed by atoms with van der Waals surface area (Å²) in [5, 5.41) is 138. The van der Waals surface area contributed by atoms with E-state index in [2.05, 4.69) is 103 Å². The smallest absolute Gasteiger partial charge is 0.315 e. The van der Waals surface area contributed by atoms with Crippen LogP contribution in [0.5, 0.6) is 0 Å². The Labute approximate surface area is 793 Å². The average Bonchev–Trinajstić information content (AvgIpc) is 1.77. The van der Waals surface area contributed by atoms with Crippen LogP contribution in [0.15, 0.2) is 118 Å². The van der Waals surface area contributed by atoms with Gasteiger partial charge in [-0.15, -0.1) is 20.4 Å². The van der Waals surface area contributed by atoms with Crippen molar-refractivity contribution in [2.75, 3.05) is 0 Å². The molecule has 0 spiro atoms. The SMILES string of the molecule is CC(C)(C)OC(=O)C(CC(C)(C)C(=O)OCc1cccc(C(=O)NCc2cn(CC(Cn3cc(CNC(=O)c4cccc(COC(=O)C(C)(C)CC(N=[N+]=[N-])C(=O)O)c4[N+](=O)[O-])nn3)(Cn3cc(CNC(=O)c4cccc(COC(=O)C(C)(C)CC(N=[N+]=[N-])C(=O)O)c4[N+](=O)[O-])nn3)Cn3cc(CNC(=O)c4cccc(COC(=O)C(C)(C)CC(N=[N+]=[N-])C(=O)O)c4[N+](=O)[O-])nn3)nn2)c1[N+](=O)[O-])N=[N+]=[N-]. The predicted octanol–water partition coefficient (Wildman–Crippen LogP) is 8.64.